The van der Waals surface area contributed by atoms with Crippen molar-refractivity contribution < 1.29 is 9.53 Å². The number of ether oxygens (including phenoxy) is 1. The van der Waals surface area contributed by atoms with Gasteiger partial charge in [0, 0.05) is 12.2 Å². The van der Waals surface area contributed by atoms with Crippen LogP contribution in [-0.2, 0) is 4.79 Å². The van der Waals surface area contributed by atoms with Crippen LogP contribution in [0.25, 0.3) is 0 Å². The van der Waals surface area contributed by atoms with Gasteiger partial charge in [-0.25, -0.2) is 0 Å². The Hall–Kier alpha value is -1.36. The van der Waals surface area contributed by atoms with Crippen molar-refractivity contribution in [3.63, 3.8) is 0 Å². The van der Waals surface area contributed by atoms with Crippen molar-refractivity contribution >= 4 is 23.4 Å². The molecule has 1 amide bonds. The molecule has 0 aliphatic rings. The average molecular weight is 268 g/mol. The van der Waals surface area contributed by atoms with E-state index < -0.39 is 0 Å². The van der Waals surface area contributed by atoms with Crippen molar-refractivity contribution in [2.45, 2.75) is 12.8 Å². The molecule has 18 heavy (non-hydrogen) atoms. The highest BCUT2D eigenvalue weighted by Crippen LogP contribution is 2.12. The van der Waals surface area contributed by atoms with Crippen molar-refractivity contribution in [2.75, 3.05) is 30.9 Å². The zero-order valence-electron chi connectivity index (χ0n) is 10.6. The molecule has 0 atom stereocenters. The van der Waals surface area contributed by atoms with E-state index in [0.29, 0.717) is 18.0 Å². The molecule has 0 aliphatic heterocycles. The zero-order chi connectivity index (χ0) is 13.2. The summed E-state index contributed by atoms with van der Waals surface area (Å²) >= 11 is 1.82. The lowest BCUT2D eigenvalue weighted by Crippen LogP contribution is -2.29. The molecule has 0 fully saturated rings. The van der Waals surface area contributed by atoms with Crippen molar-refractivity contribution in [1.82, 2.24) is 5.32 Å². The highest BCUT2D eigenvalue weighted by Gasteiger charge is 2.01. The summed E-state index contributed by atoms with van der Waals surface area (Å²) in [5, 5.41) is 2.83. The lowest BCUT2D eigenvalue weighted by Gasteiger charge is -2.07. The van der Waals surface area contributed by atoms with Gasteiger partial charge in [0.1, 0.15) is 5.75 Å². The van der Waals surface area contributed by atoms with Crippen LogP contribution in [0.1, 0.15) is 12.8 Å². The number of amides is 1. The fourth-order valence-electron chi connectivity index (χ4n) is 1.36. The number of rotatable bonds is 8. The number of carbonyl (C=O) groups is 1. The van der Waals surface area contributed by atoms with Crippen molar-refractivity contribution in [3.05, 3.63) is 24.3 Å². The van der Waals surface area contributed by atoms with Crippen LogP contribution in [0.15, 0.2) is 24.3 Å². The number of unbranched alkanes of at least 4 members (excludes halogenated alkanes) is 1. The number of anilines is 1. The maximum atomic E-state index is 11.4. The summed E-state index contributed by atoms with van der Waals surface area (Å²) in [6, 6.07) is 6.99. The van der Waals surface area contributed by atoms with Gasteiger partial charge >= 0.3 is 0 Å². The number of thioether (sulfide) groups is 1. The molecule has 0 bridgehead atoms. The lowest BCUT2D eigenvalue weighted by atomic mass is 10.3. The van der Waals surface area contributed by atoms with Gasteiger partial charge in [0.15, 0.2) is 6.61 Å². The zero-order valence-corrected chi connectivity index (χ0v) is 11.5. The number of nitrogens with one attached hydrogen (secondary N) is 1. The van der Waals surface area contributed by atoms with Crippen LogP contribution in [0, 0.1) is 0 Å². The molecular weight excluding hydrogens is 248 g/mol. The summed E-state index contributed by atoms with van der Waals surface area (Å²) in [5.41, 5.74) is 6.23. The van der Waals surface area contributed by atoms with Crippen LogP contribution < -0.4 is 15.8 Å². The van der Waals surface area contributed by atoms with Crippen molar-refractivity contribution in [1.29, 1.82) is 0 Å². The van der Waals surface area contributed by atoms with Gasteiger partial charge in [-0.3, -0.25) is 4.79 Å². The van der Waals surface area contributed by atoms with Gasteiger partial charge in [-0.05, 0) is 49.1 Å². The molecule has 1 rings (SSSR count). The molecule has 1 aromatic rings. The number of hydrogen-bond donors (Lipinski definition) is 2. The van der Waals surface area contributed by atoms with E-state index in [-0.39, 0.29) is 12.5 Å². The second kappa shape index (κ2) is 8.69. The van der Waals surface area contributed by atoms with E-state index in [0.717, 1.165) is 18.6 Å². The minimum atomic E-state index is -0.0871. The molecule has 0 aliphatic carbocycles. The molecule has 0 aromatic heterocycles. The van der Waals surface area contributed by atoms with E-state index in [2.05, 4.69) is 11.6 Å². The first kappa shape index (κ1) is 14.7. The molecule has 0 spiro atoms. The van der Waals surface area contributed by atoms with Crippen LogP contribution in [-0.4, -0.2) is 31.1 Å². The highest BCUT2D eigenvalue weighted by molar-refractivity contribution is 7.98. The molecule has 4 nitrogen and oxygen atoms in total. The Labute approximate surface area is 112 Å². The van der Waals surface area contributed by atoms with Crippen molar-refractivity contribution in [3.8, 4) is 5.75 Å². The molecule has 100 valence electrons. The first-order valence-corrected chi connectivity index (χ1v) is 7.35. The predicted molar refractivity (Wildman–Crippen MR) is 77.0 cm³/mol. The average Bonchev–Trinajstić information content (AvgIpc) is 2.38. The summed E-state index contributed by atoms with van der Waals surface area (Å²) in [7, 11) is 0. The summed E-state index contributed by atoms with van der Waals surface area (Å²) in [6.45, 7) is 0.761. The normalized spacial score (nSPS) is 10.1. The van der Waals surface area contributed by atoms with Gasteiger partial charge in [0.05, 0.1) is 0 Å². The summed E-state index contributed by atoms with van der Waals surface area (Å²) in [6.07, 6.45) is 4.22. The van der Waals surface area contributed by atoms with E-state index in [4.69, 9.17) is 10.5 Å². The Kier molecular flexibility index (Phi) is 7.10. The third kappa shape index (κ3) is 6.39. The van der Waals surface area contributed by atoms with Crippen molar-refractivity contribution in [2.24, 2.45) is 0 Å². The number of carbonyl (C=O) groups excluding carboxylic acids is 1. The van der Waals surface area contributed by atoms with Gasteiger partial charge in [0.2, 0.25) is 0 Å². The van der Waals surface area contributed by atoms with Crippen LogP contribution in [0.3, 0.4) is 0 Å². The van der Waals surface area contributed by atoms with Gasteiger partial charge in [-0.1, -0.05) is 0 Å². The van der Waals surface area contributed by atoms with Gasteiger partial charge < -0.3 is 15.8 Å². The maximum Gasteiger partial charge on any atom is 0.257 e. The van der Waals surface area contributed by atoms with E-state index in [9.17, 15) is 4.79 Å². The molecule has 0 unspecified atom stereocenters. The fourth-order valence-corrected chi connectivity index (χ4v) is 1.86. The Bertz CT molecular complexity index is 355. The Morgan fingerprint density at radius 2 is 2.06 bits per heavy atom. The molecule has 1 aromatic carbocycles. The summed E-state index contributed by atoms with van der Waals surface area (Å²) < 4.78 is 5.33. The van der Waals surface area contributed by atoms with E-state index >= 15 is 0 Å². The topological polar surface area (TPSA) is 64.3 Å². The van der Waals surface area contributed by atoms with Gasteiger partial charge in [-0.2, -0.15) is 11.8 Å². The maximum absolute atomic E-state index is 11.4. The first-order chi connectivity index (χ1) is 8.72. The van der Waals surface area contributed by atoms with Crippen LogP contribution >= 0.6 is 11.8 Å². The predicted octanol–water partition coefficient (Wildman–Crippen LogP) is 1.91. The van der Waals surface area contributed by atoms with E-state index in [1.54, 1.807) is 24.3 Å². The molecular formula is C13H20N2O2S. The quantitative estimate of drug-likeness (QED) is 0.558. The Morgan fingerprint density at radius 3 is 2.72 bits per heavy atom. The molecule has 5 heteroatoms. The second-order valence-electron chi connectivity index (χ2n) is 3.91. The number of hydrogen-bond acceptors (Lipinski definition) is 4. The molecule has 0 heterocycles. The van der Waals surface area contributed by atoms with Gasteiger partial charge in [0.25, 0.3) is 5.91 Å². The number of benzene rings is 1. The lowest BCUT2D eigenvalue weighted by molar-refractivity contribution is -0.123. The Balaban J connectivity index is 2.11. The van der Waals surface area contributed by atoms with Crippen LogP contribution in [0.5, 0.6) is 5.75 Å². The third-order valence-electron chi connectivity index (χ3n) is 2.35. The van der Waals surface area contributed by atoms with E-state index in [1.807, 2.05) is 11.8 Å². The molecule has 0 saturated heterocycles. The number of nitrogen functional groups attached to an aromatic ring is 1. The number of nitrogens with two attached hydrogens (primary N) is 1. The SMILES string of the molecule is CSCCCCNC(=O)COc1ccc(N)cc1. The van der Waals surface area contributed by atoms with Crippen LogP contribution in [0.2, 0.25) is 0 Å². The smallest absolute Gasteiger partial charge is 0.257 e. The fraction of sp³-hybridized carbons (Fsp3) is 0.462. The second-order valence-corrected chi connectivity index (χ2v) is 4.89. The first-order valence-electron chi connectivity index (χ1n) is 5.96. The summed E-state index contributed by atoms with van der Waals surface area (Å²) in [5.74, 6) is 1.70. The monoisotopic (exact) mass is 268 g/mol. The molecule has 0 saturated carbocycles. The third-order valence-corrected chi connectivity index (χ3v) is 3.04. The standard InChI is InChI=1S/C13H20N2O2S/c1-18-9-3-2-8-15-13(16)10-17-12-6-4-11(14)5-7-12/h4-7H,2-3,8-10,14H2,1H3,(H,15,16). The van der Waals surface area contributed by atoms with Gasteiger partial charge in [-0.15, -0.1) is 0 Å². The largest absolute Gasteiger partial charge is 0.484 e. The van der Waals surface area contributed by atoms with E-state index in [1.165, 1.54) is 0 Å². The molecule has 0 radical (unpaired) electrons. The minimum absolute atomic E-state index is 0.0481. The minimum Gasteiger partial charge on any atom is -0.484 e. The Morgan fingerprint density at radius 1 is 1.33 bits per heavy atom. The highest BCUT2D eigenvalue weighted by atomic mass is 32.2. The molecule has 3 N–H and O–H groups in total. The summed E-state index contributed by atoms with van der Waals surface area (Å²) in [4.78, 5) is 11.4. The van der Waals surface area contributed by atoms with Crippen LogP contribution in [0.4, 0.5) is 5.69 Å².